The van der Waals surface area contributed by atoms with Crippen LogP contribution in [0, 0.1) is 0 Å². The molecule has 1 atom stereocenters. The summed E-state index contributed by atoms with van der Waals surface area (Å²) in [5.41, 5.74) is 0.962. The molecule has 108 valence electrons. The third-order valence-corrected chi connectivity index (χ3v) is 5.81. The van der Waals surface area contributed by atoms with Crippen molar-refractivity contribution in [2.75, 3.05) is 18.2 Å². The molecule has 3 rings (SSSR count). The lowest BCUT2D eigenvalue weighted by molar-refractivity contribution is -0.131. The number of rotatable bonds is 2. The Bertz CT molecular complexity index is 586. The molecule has 0 aromatic heterocycles. The summed E-state index contributed by atoms with van der Waals surface area (Å²) in [6.07, 6.45) is 1.11. The normalized spacial score (nSPS) is 26.9. The van der Waals surface area contributed by atoms with Gasteiger partial charge in [-0.1, -0.05) is 30.3 Å². The maximum Gasteiger partial charge on any atom is 0.245 e. The van der Waals surface area contributed by atoms with Crippen molar-refractivity contribution < 1.29 is 13.2 Å². The molecule has 2 saturated heterocycles. The number of nitrogens with one attached hydrogen (secondary N) is 1. The van der Waals surface area contributed by atoms with Crippen molar-refractivity contribution >= 4 is 15.7 Å². The average molecular weight is 294 g/mol. The number of amides is 1. The van der Waals surface area contributed by atoms with Crippen molar-refractivity contribution in [1.29, 1.82) is 0 Å². The molecule has 1 unspecified atom stereocenters. The molecule has 2 fully saturated rings. The first-order valence-corrected chi connectivity index (χ1v) is 8.68. The molecular weight excluding hydrogens is 276 g/mol. The van der Waals surface area contributed by atoms with Gasteiger partial charge in [-0.15, -0.1) is 0 Å². The van der Waals surface area contributed by atoms with Gasteiger partial charge in [0.1, 0.15) is 15.9 Å². The zero-order valence-corrected chi connectivity index (χ0v) is 12.0. The van der Waals surface area contributed by atoms with E-state index in [1.807, 2.05) is 30.3 Å². The SMILES string of the molecule is O=C1C(c2ccccc2)NCN1C1CCS(=O)(=O)CC1. The number of hydrogen-bond donors (Lipinski definition) is 1. The van der Waals surface area contributed by atoms with Gasteiger partial charge >= 0.3 is 0 Å². The Morgan fingerprint density at radius 2 is 1.75 bits per heavy atom. The van der Waals surface area contributed by atoms with E-state index in [2.05, 4.69) is 5.32 Å². The second-order valence-corrected chi connectivity index (χ2v) is 7.70. The summed E-state index contributed by atoms with van der Waals surface area (Å²) in [5.74, 6) is 0.440. The van der Waals surface area contributed by atoms with Gasteiger partial charge in [0, 0.05) is 6.04 Å². The molecular formula is C14H18N2O3S. The first-order chi connectivity index (χ1) is 9.57. The summed E-state index contributed by atoms with van der Waals surface area (Å²) >= 11 is 0. The van der Waals surface area contributed by atoms with Gasteiger partial charge in [-0.3, -0.25) is 10.1 Å². The van der Waals surface area contributed by atoms with Crippen LogP contribution in [0.25, 0.3) is 0 Å². The number of carbonyl (C=O) groups is 1. The Morgan fingerprint density at radius 1 is 1.10 bits per heavy atom. The Hall–Kier alpha value is -1.40. The lowest BCUT2D eigenvalue weighted by Crippen LogP contribution is -2.42. The van der Waals surface area contributed by atoms with Crippen LogP contribution in [-0.4, -0.2) is 43.4 Å². The first kappa shape index (κ1) is 13.6. The third-order valence-electron chi connectivity index (χ3n) is 4.09. The van der Waals surface area contributed by atoms with Crippen LogP contribution in [0.1, 0.15) is 24.4 Å². The highest BCUT2D eigenvalue weighted by Crippen LogP contribution is 2.26. The summed E-state index contributed by atoms with van der Waals surface area (Å²) in [6, 6.07) is 9.38. The van der Waals surface area contributed by atoms with E-state index in [1.165, 1.54) is 0 Å². The fourth-order valence-electron chi connectivity index (χ4n) is 2.92. The molecule has 0 radical (unpaired) electrons. The maximum absolute atomic E-state index is 12.5. The molecule has 1 aromatic rings. The predicted octanol–water partition coefficient (Wildman–Crippen LogP) is 0.694. The Balaban J connectivity index is 1.71. The fraction of sp³-hybridized carbons (Fsp3) is 0.500. The Kier molecular flexibility index (Phi) is 3.52. The molecule has 2 heterocycles. The van der Waals surface area contributed by atoms with Crippen LogP contribution in [0.3, 0.4) is 0 Å². The number of carbonyl (C=O) groups excluding carboxylic acids is 1. The van der Waals surface area contributed by atoms with Crippen LogP contribution in [0.4, 0.5) is 0 Å². The maximum atomic E-state index is 12.5. The van der Waals surface area contributed by atoms with Gasteiger partial charge in [-0.2, -0.15) is 0 Å². The van der Waals surface area contributed by atoms with Crippen LogP contribution in [0.2, 0.25) is 0 Å². The van der Waals surface area contributed by atoms with E-state index in [-0.39, 0.29) is 29.5 Å². The van der Waals surface area contributed by atoms with Gasteiger partial charge in [0.25, 0.3) is 0 Å². The Morgan fingerprint density at radius 3 is 2.40 bits per heavy atom. The molecule has 6 heteroatoms. The molecule has 0 spiro atoms. The van der Waals surface area contributed by atoms with Crippen molar-refractivity contribution in [2.45, 2.75) is 24.9 Å². The minimum Gasteiger partial charge on any atom is -0.325 e. The molecule has 1 aromatic carbocycles. The van der Waals surface area contributed by atoms with E-state index >= 15 is 0 Å². The molecule has 0 saturated carbocycles. The van der Waals surface area contributed by atoms with Crippen LogP contribution in [0.15, 0.2) is 30.3 Å². The van der Waals surface area contributed by atoms with Crippen LogP contribution in [-0.2, 0) is 14.6 Å². The molecule has 0 aliphatic carbocycles. The molecule has 0 bridgehead atoms. The highest BCUT2D eigenvalue weighted by Gasteiger charge is 2.38. The molecule has 2 aliphatic rings. The second kappa shape index (κ2) is 5.18. The van der Waals surface area contributed by atoms with E-state index in [0.29, 0.717) is 19.5 Å². The first-order valence-electron chi connectivity index (χ1n) is 6.86. The highest BCUT2D eigenvalue weighted by molar-refractivity contribution is 7.91. The van der Waals surface area contributed by atoms with Crippen molar-refractivity contribution in [3.8, 4) is 0 Å². The lowest BCUT2D eigenvalue weighted by Gasteiger charge is -2.30. The molecule has 20 heavy (non-hydrogen) atoms. The zero-order valence-electron chi connectivity index (χ0n) is 11.2. The van der Waals surface area contributed by atoms with Gasteiger partial charge in [0.05, 0.1) is 18.2 Å². The van der Waals surface area contributed by atoms with Crippen LogP contribution >= 0.6 is 0 Å². The summed E-state index contributed by atoms with van der Waals surface area (Å²) in [6.45, 7) is 0.503. The largest absolute Gasteiger partial charge is 0.325 e. The molecule has 5 nitrogen and oxygen atoms in total. The minimum absolute atomic E-state index is 0.0484. The molecule has 2 aliphatic heterocycles. The molecule has 1 N–H and O–H groups in total. The standard InChI is InChI=1S/C14H18N2O3S/c17-14-13(11-4-2-1-3-5-11)15-10-16(14)12-6-8-20(18,19)9-7-12/h1-5,12-13,15H,6-10H2. The summed E-state index contributed by atoms with van der Waals surface area (Å²) in [4.78, 5) is 14.3. The highest BCUT2D eigenvalue weighted by atomic mass is 32.2. The van der Waals surface area contributed by atoms with Crippen molar-refractivity contribution in [3.63, 3.8) is 0 Å². The topological polar surface area (TPSA) is 66.5 Å². The van der Waals surface area contributed by atoms with E-state index in [1.54, 1.807) is 4.90 Å². The fourth-order valence-corrected chi connectivity index (χ4v) is 4.39. The monoisotopic (exact) mass is 294 g/mol. The van der Waals surface area contributed by atoms with E-state index in [0.717, 1.165) is 5.56 Å². The van der Waals surface area contributed by atoms with E-state index in [9.17, 15) is 13.2 Å². The quantitative estimate of drug-likeness (QED) is 0.872. The number of nitrogens with zero attached hydrogens (tertiary/aromatic N) is 1. The van der Waals surface area contributed by atoms with Crippen molar-refractivity contribution in [3.05, 3.63) is 35.9 Å². The summed E-state index contributed by atoms with van der Waals surface area (Å²) < 4.78 is 22.9. The summed E-state index contributed by atoms with van der Waals surface area (Å²) in [7, 11) is -2.89. The smallest absolute Gasteiger partial charge is 0.245 e. The molecule has 1 amide bonds. The summed E-state index contributed by atoms with van der Waals surface area (Å²) in [5, 5.41) is 3.22. The lowest BCUT2D eigenvalue weighted by atomic mass is 10.1. The van der Waals surface area contributed by atoms with Gasteiger partial charge < -0.3 is 4.90 Å². The van der Waals surface area contributed by atoms with Crippen LogP contribution in [0.5, 0.6) is 0 Å². The van der Waals surface area contributed by atoms with E-state index < -0.39 is 9.84 Å². The average Bonchev–Trinajstić information content (AvgIpc) is 2.82. The third kappa shape index (κ3) is 2.58. The number of sulfone groups is 1. The van der Waals surface area contributed by atoms with Gasteiger partial charge in [-0.05, 0) is 18.4 Å². The van der Waals surface area contributed by atoms with Gasteiger partial charge in [0.2, 0.25) is 5.91 Å². The van der Waals surface area contributed by atoms with Gasteiger partial charge in [-0.25, -0.2) is 8.42 Å². The predicted molar refractivity (Wildman–Crippen MR) is 75.7 cm³/mol. The van der Waals surface area contributed by atoms with Crippen molar-refractivity contribution in [2.24, 2.45) is 0 Å². The zero-order chi connectivity index (χ0) is 14.2. The number of hydrogen-bond acceptors (Lipinski definition) is 4. The van der Waals surface area contributed by atoms with Crippen LogP contribution < -0.4 is 5.32 Å². The Labute approximate surface area is 118 Å². The van der Waals surface area contributed by atoms with Crippen molar-refractivity contribution in [1.82, 2.24) is 10.2 Å². The minimum atomic E-state index is -2.89. The number of benzene rings is 1. The van der Waals surface area contributed by atoms with E-state index in [4.69, 9.17) is 0 Å². The van der Waals surface area contributed by atoms with Gasteiger partial charge in [0.15, 0.2) is 0 Å². The second-order valence-electron chi connectivity index (χ2n) is 5.40.